The second kappa shape index (κ2) is 13.7. The van der Waals surface area contributed by atoms with Crippen LogP contribution < -0.4 is 15.4 Å². The molecule has 11 heteroatoms. The van der Waals surface area contributed by atoms with Crippen LogP contribution in [0.4, 0.5) is 15.9 Å². The Kier molecular flexibility index (Phi) is 9.58. The normalized spacial score (nSPS) is 11.9. The lowest BCUT2D eigenvalue weighted by atomic mass is 10.1. The molecule has 0 fully saturated rings. The summed E-state index contributed by atoms with van der Waals surface area (Å²) in [6.45, 7) is 2.68. The maximum atomic E-state index is 13.5. The Morgan fingerprint density at radius 3 is 2.79 bits per heavy atom. The number of fused-ring (bicyclic) bond motifs is 1. The number of nitrogens with zero attached hydrogens (tertiary/aromatic N) is 2. The summed E-state index contributed by atoms with van der Waals surface area (Å²) in [5.41, 5.74) is 3.03. The van der Waals surface area contributed by atoms with Gasteiger partial charge in [0.15, 0.2) is 0 Å². The summed E-state index contributed by atoms with van der Waals surface area (Å²) < 4.78 is 25.3. The lowest BCUT2D eigenvalue weighted by molar-refractivity contribution is -0.133. The lowest BCUT2D eigenvalue weighted by Crippen LogP contribution is -2.25. The van der Waals surface area contributed by atoms with Crippen LogP contribution in [0.1, 0.15) is 24.7 Å². The van der Waals surface area contributed by atoms with E-state index in [4.69, 9.17) is 25.9 Å². The van der Waals surface area contributed by atoms with Crippen LogP contribution in [0.5, 0.6) is 5.75 Å². The Bertz CT molecular complexity index is 1700. The first-order valence-corrected chi connectivity index (χ1v) is 14.6. The van der Waals surface area contributed by atoms with Crippen LogP contribution in [0.3, 0.4) is 0 Å². The Hall–Kier alpha value is -4.12. The van der Waals surface area contributed by atoms with Gasteiger partial charge < -0.3 is 19.6 Å². The van der Waals surface area contributed by atoms with Gasteiger partial charge in [-0.15, -0.1) is 11.8 Å². The molecule has 3 N–H and O–H groups in total. The summed E-state index contributed by atoms with van der Waals surface area (Å²) in [5.74, 6) is 1.41. The molecule has 1 atom stereocenters. The lowest BCUT2D eigenvalue weighted by Gasteiger charge is -2.14. The number of hydrogen-bond acceptors (Lipinski definition) is 8. The Labute approximate surface area is 251 Å². The van der Waals surface area contributed by atoms with Crippen molar-refractivity contribution < 1.29 is 23.4 Å². The van der Waals surface area contributed by atoms with Crippen molar-refractivity contribution in [3.63, 3.8) is 0 Å². The number of carbonyl (C=O) groups is 1. The Morgan fingerprint density at radius 1 is 1.12 bits per heavy atom. The van der Waals surface area contributed by atoms with Crippen molar-refractivity contribution in [1.82, 2.24) is 15.3 Å². The standard InChI is InChI=1S/C31H28ClFN4O4S/c1-2-29(42-17-30(38)39)34-15-23-8-11-27(41-23)20-6-9-26-24(13-20)31(36-18-35-26)37-22-7-10-28(25(32)14-22)40-16-19-4-3-5-21(33)12-19/h3-14,18,29,34H,2,15-17H2,1H3,(H,38,39)(H,35,36,37). The predicted octanol–water partition coefficient (Wildman–Crippen LogP) is 7.65. The molecule has 2 heterocycles. The zero-order chi connectivity index (χ0) is 29.5. The average Bonchev–Trinajstić information content (AvgIpc) is 3.46. The fourth-order valence-corrected chi connectivity index (χ4v) is 5.28. The summed E-state index contributed by atoms with van der Waals surface area (Å²) in [6.07, 6.45) is 2.29. The highest BCUT2D eigenvalue weighted by atomic mass is 35.5. The van der Waals surface area contributed by atoms with E-state index in [9.17, 15) is 9.18 Å². The quantitative estimate of drug-likeness (QED) is 0.116. The number of anilines is 2. The van der Waals surface area contributed by atoms with Crippen LogP contribution in [-0.2, 0) is 17.9 Å². The monoisotopic (exact) mass is 606 g/mol. The van der Waals surface area contributed by atoms with Crippen molar-refractivity contribution in [2.45, 2.75) is 31.9 Å². The number of thioether (sulfide) groups is 1. The fraction of sp³-hybridized carbons (Fsp3) is 0.194. The number of aliphatic carboxylic acids is 1. The molecule has 1 unspecified atom stereocenters. The number of carboxylic acid groups (broad SMARTS) is 1. The molecule has 0 saturated carbocycles. The third-order valence-corrected chi connectivity index (χ3v) is 7.95. The summed E-state index contributed by atoms with van der Waals surface area (Å²) in [6, 6.07) is 21.2. The SMILES string of the molecule is CCC(NCc1ccc(-c2ccc3ncnc(Nc4ccc(OCc5cccc(F)c5)c(Cl)c4)c3c2)o1)SCC(=O)O. The zero-order valence-electron chi connectivity index (χ0n) is 22.6. The number of halogens is 2. The van der Waals surface area contributed by atoms with Gasteiger partial charge in [0.05, 0.1) is 28.2 Å². The molecular formula is C31H28ClFN4O4S. The number of furan rings is 1. The largest absolute Gasteiger partial charge is 0.487 e. The van der Waals surface area contributed by atoms with Gasteiger partial charge in [-0.1, -0.05) is 30.7 Å². The number of benzene rings is 3. The maximum Gasteiger partial charge on any atom is 0.313 e. The molecule has 0 radical (unpaired) electrons. The molecule has 8 nitrogen and oxygen atoms in total. The van der Waals surface area contributed by atoms with Gasteiger partial charge in [0.25, 0.3) is 0 Å². The van der Waals surface area contributed by atoms with Crippen molar-refractivity contribution in [2.75, 3.05) is 11.1 Å². The van der Waals surface area contributed by atoms with Crippen LogP contribution in [-0.4, -0.2) is 32.2 Å². The van der Waals surface area contributed by atoms with Crippen LogP contribution in [0.25, 0.3) is 22.2 Å². The zero-order valence-corrected chi connectivity index (χ0v) is 24.2. The van der Waals surface area contributed by atoms with E-state index in [0.717, 1.165) is 28.6 Å². The minimum atomic E-state index is -0.832. The molecule has 5 aromatic rings. The second-order valence-electron chi connectivity index (χ2n) is 9.39. The molecule has 216 valence electrons. The number of aromatic nitrogens is 2. The summed E-state index contributed by atoms with van der Waals surface area (Å²) in [7, 11) is 0. The number of rotatable bonds is 13. The van der Waals surface area contributed by atoms with Gasteiger partial charge in [-0.05, 0) is 72.6 Å². The predicted molar refractivity (Wildman–Crippen MR) is 164 cm³/mol. The molecule has 5 rings (SSSR count). The van der Waals surface area contributed by atoms with Crippen LogP contribution in [0.2, 0.25) is 5.02 Å². The maximum absolute atomic E-state index is 13.5. The van der Waals surface area contributed by atoms with E-state index in [0.29, 0.717) is 40.1 Å². The third-order valence-electron chi connectivity index (χ3n) is 6.34. The number of nitrogens with one attached hydrogen (secondary N) is 2. The summed E-state index contributed by atoms with van der Waals surface area (Å²) in [5, 5.41) is 16.8. The average molecular weight is 607 g/mol. The number of ether oxygens (including phenoxy) is 1. The van der Waals surface area contributed by atoms with Gasteiger partial charge in [0.2, 0.25) is 0 Å². The van der Waals surface area contributed by atoms with E-state index in [1.54, 1.807) is 24.3 Å². The van der Waals surface area contributed by atoms with E-state index >= 15 is 0 Å². The van der Waals surface area contributed by atoms with Gasteiger partial charge in [0.1, 0.15) is 41.8 Å². The minimum absolute atomic E-state index is 0.0173. The molecule has 2 aromatic heterocycles. The van der Waals surface area contributed by atoms with Gasteiger partial charge in [-0.3, -0.25) is 10.1 Å². The molecule has 0 amide bonds. The van der Waals surface area contributed by atoms with Crippen molar-refractivity contribution in [1.29, 1.82) is 0 Å². The van der Waals surface area contributed by atoms with Gasteiger partial charge in [-0.2, -0.15) is 0 Å². The Morgan fingerprint density at radius 2 is 2.00 bits per heavy atom. The Balaban J connectivity index is 1.28. The number of carboxylic acids is 1. The number of hydrogen-bond donors (Lipinski definition) is 3. The van der Waals surface area contributed by atoms with Crippen molar-refractivity contribution in [3.05, 3.63) is 101 Å². The first-order chi connectivity index (χ1) is 20.4. The van der Waals surface area contributed by atoms with Gasteiger partial charge in [0, 0.05) is 16.6 Å². The molecule has 0 aliphatic carbocycles. The third kappa shape index (κ3) is 7.58. The van der Waals surface area contributed by atoms with Gasteiger partial charge in [-0.25, -0.2) is 14.4 Å². The highest BCUT2D eigenvalue weighted by Crippen LogP contribution is 2.33. The van der Waals surface area contributed by atoms with E-state index < -0.39 is 5.97 Å². The highest BCUT2D eigenvalue weighted by molar-refractivity contribution is 8.00. The van der Waals surface area contributed by atoms with E-state index in [1.165, 1.54) is 30.2 Å². The van der Waals surface area contributed by atoms with Gasteiger partial charge >= 0.3 is 5.97 Å². The van der Waals surface area contributed by atoms with Crippen LogP contribution in [0.15, 0.2) is 83.5 Å². The fourth-order valence-electron chi connectivity index (χ4n) is 4.27. The molecule has 0 aliphatic heterocycles. The van der Waals surface area contributed by atoms with E-state index in [-0.39, 0.29) is 23.6 Å². The van der Waals surface area contributed by atoms with E-state index in [2.05, 4.69) is 20.6 Å². The smallest absolute Gasteiger partial charge is 0.313 e. The topological polar surface area (TPSA) is 110 Å². The molecule has 0 aliphatic rings. The summed E-state index contributed by atoms with van der Waals surface area (Å²) >= 11 is 7.85. The highest BCUT2D eigenvalue weighted by Gasteiger charge is 2.13. The second-order valence-corrected chi connectivity index (χ2v) is 11.0. The minimum Gasteiger partial charge on any atom is -0.487 e. The molecule has 42 heavy (non-hydrogen) atoms. The molecular weight excluding hydrogens is 579 g/mol. The molecule has 0 spiro atoms. The van der Waals surface area contributed by atoms with Crippen molar-refractivity contribution in [3.8, 4) is 17.1 Å². The molecule has 0 saturated heterocycles. The first-order valence-electron chi connectivity index (χ1n) is 13.2. The van der Waals surface area contributed by atoms with Crippen LogP contribution in [0, 0.1) is 5.82 Å². The van der Waals surface area contributed by atoms with Crippen LogP contribution >= 0.6 is 23.4 Å². The summed E-state index contributed by atoms with van der Waals surface area (Å²) in [4.78, 5) is 19.7. The van der Waals surface area contributed by atoms with Crippen molar-refractivity contribution in [2.24, 2.45) is 0 Å². The van der Waals surface area contributed by atoms with Crippen molar-refractivity contribution >= 4 is 51.7 Å². The molecule has 3 aromatic carbocycles. The van der Waals surface area contributed by atoms with E-state index in [1.807, 2.05) is 43.3 Å². The molecule has 0 bridgehead atoms. The first kappa shape index (κ1) is 29.4.